The van der Waals surface area contributed by atoms with Crippen molar-refractivity contribution in [2.24, 2.45) is 0 Å². The Morgan fingerprint density at radius 2 is 2.13 bits per heavy atom. The molecule has 1 amide bonds. The van der Waals surface area contributed by atoms with Crippen LogP contribution in [-0.4, -0.2) is 23.2 Å². The number of rotatable bonds is 8. The van der Waals surface area contributed by atoms with Gasteiger partial charge in [-0.3, -0.25) is 10.1 Å². The first kappa shape index (κ1) is 17.1. The van der Waals surface area contributed by atoms with E-state index in [-0.39, 0.29) is 5.91 Å². The molecule has 0 unspecified atom stereocenters. The topological polar surface area (TPSA) is 64.1 Å². The lowest BCUT2D eigenvalue weighted by Gasteiger charge is -2.03. The minimum absolute atomic E-state index is 0.229. The monoisotopic (exact) mass is 331 g/mol. The molecule has 0 saturated carbocycles. The van der Waals surface area contributed by atoms with Gasteiger partial charge < -0.3 is 4.74 Å². The Hall–Kier alpha value is -2.21. The number of unbranched alkanes of at least 4 members (excludes halogenated alkanes) is 2. The zero-order valence-corrected chi connectivity index (χ0v) is 14.2. The van der Waals surface area contributed by atoms with Crippen molar-refractivity contribution in [1.29, 1.82) is 0 Å². The molecule has 0 bridgehead atoms. The fraction of sp³-hybridized carbons (Fsp3) is 0.353. The van der Waals surface area contributed by atoms with Crippen LogP contribution in [0.25, 0.3) is 6.08 Å². The van der Waals surface area contributed by atoms with Crippen LogP contribution < -0.4 is 10.1 Å². The first-order chi connectivity index (χ1) is 11.2. The second kappa shape index (κ2) is 9.05. The van der Waals surface area contributed by atoms with Crippen molar-refractivity contribution in [3.05, 3.63) is 40.9 Å². The van der Waals surface area contributed by atoms with Crippen molar-refractivity contribution in [1.82, 2.24) is 10.2 Å². The number of benzene rings is 1. The molecule has 0 aliphatic carbocycles. The third-order valence-electron chi connectivity index (χ3n) is 3.24. The van der Waals surface area contributed by atoms with Gasteiger partial charge in [0.1, 0.15) is 10.8 Å². The summed E-state index contributed by atoms with van der Waals surface area (Å²) in [5.74, 6) is 0.498. The number of nitrogens with zero attached hydrogens (tertiary/aromatic N) is 2. The molecular formula is C17H21N3O2S. The third-order valence-corrected chi connectivity index (χ3v) is 4.14. The predicted octanol–water partition coefficient (Wildman–Crippen LogP) is 3.93. The maximum atomic E-state index is 12.0. The van der Waals surface area contributed by atoms with Gasteiger partial charge in [-0.1, -0.05) is 49.3 Å². The molecule has 6 heteroatoms. The van der Waals surface area contributed by atoms with E-state index in [1.165, 1.54) is 30.3 Å². The van der Waals surface area contributed by atoms with Crippen LogP contribution in [-0.2, 0) is 11.2 Å². The van der Waals surface area contributed by atoms with Crippen LogP contribution in [0.15, 0.2) is 30.3 Å². The van der Waals surface area contributed by atoms with Crippen molar-refractivity contribution in [3.63, 3.8) is 0 Å². The number of amides is 1. The standard InChI is InChI=1S/C17H21N3O2S/c1-3-4-5-10-16-19-20-17(23-16)18-15(21)12-11-13-8-6-7-9-14(13)22-2/h6-9,11-12H,3-5,10H2,1-2H3,(H,18,20,21). The van der Waals surface area contributed by atoms with Crippen LogP contribution in [0, 0.1) is 0 Å². The Kier molecular flexibility index (Phi) is 6.75. The number of methoxy groups -OCH3 is 1. The van der Waals surface area contributed by atoms with Gasteiger partial charge in [-0.25, -0.2) is 0 Å². The van der Waals surface area contributed by atoms with Gasteiger partial charge >= 0.3 is 0 Å². The minimum atomic E-state index is -0.229. The second-order valence-electron chi connectivity index (χ2n) is 5.02. The van der Waals surface area contributed by atoms with Gasteiger partial charge in [0, 0.05) is 18.1 Å². The largest absolute Gasteiger partial charge is 0.496 e. The first-order valence-electron chi connectivity index (χ1n) is 7.67. The smallest absolute Gasteiger partial charge is 0.250 e. The molecule has 0 fully saturated rings. The zero-order chi connectivity index (χ0) is 16.5. The quantitative estimate of drug-likeness (QED) is 0.588. The SMILES string of the molecule is CCCCCc1nnc(NC(=O)C=Cc2ccccc2OC)s1. The summed E-state index contributed by atoms with van der Waals surface area (Å²) in [7, 11) is 1.61. The average molecular weight is 331 g/mol. The number of nitrogens with one attached hydrogen (secondary N) is 1. The van der Waals surface area contributed by atoms with Crippen molar-refractivity contribution in [3.8, 4) is 5.75 Å². The van der Waals surface area contributed by atoms with Gasteiger partial charge in [0.05, 0.1) is 7.11 Å². The number of hydrogen-bond acceptors (Lipinski definition) is 5. The zero-order valence-electron chi connectivity index (χ0n) is 13.4. The molecular weight excluding hydrogens is 310 g/mol. The van der Waals surface area contributed by atoms with Crippen LogP contribution in [0.5, 0.6) is 5.75 Å². The molecule has 5 nitrogen and oxygen atoms in total. The van der Waals surface area contributed by atoms with Crippen LogP contribution in [0.1, 0.15) is 36.8 Å². The first-order valence-corrected chi connectivity index (χ1v) is 8.49. The lowest BCUT2D eigenvalue weighted by molar-refractivity contribution is -0.111. The Bertz CT molecular complexity index is 667. The van der Waals surface area contributed by atoms with E-state index in [1.54, 1.807) is 13.2 Å². The molecule has 0 spiro atoms. The normalized spacial score (nSPS) is 10.9. The lowest BCUT2D eigenvalue weighted by atomic mass is 10.2. The van der Waals surface area contributed by atoms with Gasteiger partial charge in [0.25, 0.3) is 0 Å². The molecule has 122 valence electrons. The van der Waals surface area contributed by atoms with Gasteiger partial charge in [-0.2, -0.15) is 0 Å². The Labute approximate surface area is 140 Å². The van der Waals surface area contributed by atoms with E-state index >= 15 is 0 Å². The van der Waals surface area contributed by atoms with E-state index in [1.807, 2.05) is 24.3 Å². The minimum Gasteiger partial charge on any atom is -0.496 e. The van der Waals surface area contributed by atoms with E-state index in [4.69, 9.17) is 4.74 Å². The van der Waals surface area contributed by atoms with Crippen molar-refractivity contribution >= 4 is 28.5 Å². The molecule has 2 aromatic rings. The molecule has 0 aliphatic rings. The van der Waals surface area contributed by atoms with Gasteiger partial charge in [-0.15, -0.1) is 10.2 Å². The fourth-order valence-corrected chi connectivity index (χ4v) is 2.83. The third kappa shape index (κ3) is 5.49. The molecule has 0 saturated heterocycles. The average Bonchev–Trinajstić information content (AvgIpc) is 3.00. The van der Waals surface area contributed by atoms with Gasteiger partial charge in [0.2, 0.25) is 11.0 Å². The fourth-order valence-electron chi connectivity index (χ4n) is 2.05. The van der Waals surface area contributed by atoms with E-state index in [9.17, 15) is 4.79 Å². The van der Waals surface area contributed by atoms with Crippen molar-refractivity contribution in [2.75, 3.05) is 12.4 Å². The molecule has 23 heavy (non-hydrogen) atoms. The highest BCUT2D eigenvalue weighted by Gasteiger charge is 2.06. The Morgan fingerprint density at radius 1 is 1.30 bits per heavy atom. The molecule has 1 aromatic carbocycles. The molecule has 1 N–H and O–H groups in total. The van der Waals surface area contributed by atoms with Crippen LogP contribution in [0.3, 0.4) is 0 Å². The van der Waals surface area contributed by atoms with Gasteiger partial charge in [-0.05, 0) is 18.6 Å². The maximum absolute atomic E-state index is 12.0. The summed E-state index contributed by atoms with van der Waals surface area (Å²) in [5.41, 5.74) is 0.850. The number of carbonyl (C=O) groups is 1. The molecule has 0 radical (unpaired) electrons. The second-order valence-corrected chi connectivity index (χ2v) is 6.08. The van der Waals surface area contributed by atoms with Crippen molar-refractivity contribution < 1.29 is 9.53 Å². The van der Waals surface area contributed by atoms with Crippen LogP contribution >= 0.6 is 11.3 Å². The summed E-state index contributed by atoms with van der Waals surface area (Å²) in [6, 6.07) is 7.52. The van der Waals surface area contributed by atoms with Gasteiger partial charge in [0.15, 0.2) is 0 Å². The predicted molar refractivity (Wildman–Crippen MR) is 93.8 cm³/mol. The molecule has 0 atom stereocenters. The number of aryl methyl sites for hydroxylation is 1. The number of hydrogen-bond donors (Lipinski definition) is 1. The summed E-state index contributed by atoms with van der Waals surface area (Å²) in [6.07, 6.45) is 7.57. The van der Waals surface area contributed by atoms with Crippen molar-refractivity contribution in [2.45, 2.75) is 32.6 Å². The molecule has 1 heterocycles. The highest BCUT2D eigenvalue weighted by molar-refractivity contribution is 7.15. The number of para-hydroxylation sites is 1. The van der Waals surface area contributed by atoms with E-state index < -0.39 is 0 Å². The number of carbonyl (C=O) groups excluding carboxylic acids is 1. The number of anilines is 1. The lowest BCUT2D eigenvalue weighted by Crippen LogP contribution is -2.07. The summed E-state index contributed by atoms with van der Waals surface area (Å²) in [6.45, 7) is 2.17. The maximum Gasteiger partial charge on any atom is 0.250 e. The van der Waals surface area contributed by atoms with E-state index in [0.29, 0.717) is 5.13 Å². The van der Waals surface area contributed by atoms with E-state index in [0.717, 1.165) is 29.2 Å². The molecule has 2 rings (SSSR count). The summed E-state index contributed by atoms with van der Waals surface area (Å²) < 4.78 is 5.24. The highest BCUT2D eigenvalue weighted by atomic mass is 32.1. The highest BCUT2D eigenvalue weighted by Crippen LogP contribution is 2.20. The number of ether oxygens (including phenoxy) is 1. The summed E-state index contributed by atoms with van der Waals surface area (Å²) in [4.78, 5) is 12.0. The Balaban J connectivity index is 1.90. The summed E-state index contributed by atoms with van der Waals surface area (Å²) in [5, 5.41) is 12.3. The molecule has 0 aliphatic heterocycles. The Morgan fingerprint density at radius 3 is 2.91 bits per heavy atom. The summed E-state index contributed by atoms with van der Waals surface area (Å²) >= 11 is 1.43. The van der Waals surface area contributed by atoms with E-state index in [2.05, 4.69) is 22.4 Å². The van der Waals surface area contributed by atoms with Crippen LogP contribution in [0.4, 0.5) is 5.13 Å². The molecule has 1 aromatic heterocycles. The van der Waals surface area contributed by atoms with Crippen LogP contribution in [0.2, 0.25) is 0 Å². The number of aromatic nitrogens is 2.